The molecule has 5 nitrogen and oxygen atoms in total. The minimum Gasteiger partial charge on any atom is -0.383 e. The first-order valence-electron chi connectivity index (χ1n) is 4.54. The monoisotopic (exact) mass is 322 g/mol. The Bertz CT molecular complexity index is 494. The molecule has 0 heterocycles. The van der Waals surface area contributed by atoms with Crippen LogP contribution in [0.3, 0.4) is 0 Å². The zero-order valence-electron chi connectivity index (χ0n) is 9.21. The maximum atomic E-state index is 11.6. The first kappa shape index (κ1) is 14.1. The number of alkyl halides is 1. The fraction of sp³-hybridized carbons (Fsp3) is 0.300. The van der Waals surface area contributed by atoms with E-state index in [9.17, 15) is 13.2 Å². The van der Waals surface area contributed by atoms with Crippen molar-refractivity contribution in [2.45, 2.75) is 5.01 Å². The van der Waals surface area contributed by atoms with E-state index < -0.39 is 15.1 Å². The maximum absolute atomic E-state index is 11.6. The van der Waals surface area contributed by atoms with Crippen molar-refractivity contribution < 1.29 is 22.1 Å². The Morgan fingerprint density at radius 1 is 1.29 bits per heavy atom. The van der Waals surface area contributed by atoms with Crippen molar-refractivity contribution in [3.8, 4) is 5.75 Å². The van der Waals surface area contributed by atoms with E-state index in [1.807, 2.05) is 0 Å². The van der Waals surface area contributed by atoms with E-state index in [1.165, 1.54) is 31.4 Å². The van der Waals surface area contributed by atoms with Gasteiger partial charge in [-0.2, -0.15) is 8.42 Å². The number of hydrogen-bond acceptors (Lipinski definition) is 5. The van der Waals surface area contributed by atoms with Gasteiger partial charge in [0.25, 0.3) is 0 Å². The molecule has 1 aromatic carbocycles. The van der Waals surface area contributed by atoms with Crippen LogP contribution >= 0.6 is 15.9 Å². The number of carbonyl (C=O) groups excluding carboxylic acids is 1. The van der Waals surface area contributed by atoms with Crippen LogP contribution in [0.1, 0.15) is 10.4 Å². The highest BCUT2D eigenvalue weighted by atomic mass is 79.9. The molecule has 0 aromatic heterocycles. The summed E-state index contributed by atoms with van der Waals surface area (Å²) in [6.45, 7) is 0. The SMILES string of the molecule is COC(Br)C(=O)c1ccc(OS(C)(=O)=O)cc1. The average molecular weight is 323 g/mol. The summed E-state index contributed by atoms with van der Waals surface area (Å²) >= 11 is 3.05. The molecule has 0 saturated heterocycles. The van der Waals surface area contributed by atoms with Gasteiger partial charge in [0.1, 0.15) is 5.75 Å². The fourth-order valence-corrected chi connectivity index (χ4v) is 1.81. The van der Waals surface area contributed by atoms with Crippen LogP contribution < -0.4 is 4.18 Å². The Kier molecular flexibility index (Phi) is 4.67. The Balaban J connectivity index is 2.85. The number of hydrogen-bond donors (Lipinski definition) is 0. The molecule has 7 heteroatoms. The summed E-state index contributed by atoms with van der Waals surface area (Å²) in [6, 6.07) is 5.75. The van der Waals surface area contributed by atoms with Crippen LogP contribution in [-0.2, 0) is 14.9 Å². The molecule has 1 atom stereocenters. The third kappa shape index (κ3) is 4.45. The van der Waals surface area contributed by atoms with Gasteiger partial charge in [-0.25, -0.2) is 0 Å². The van der Waals surface area contributed by atoms with Gasteiger partial charge in [0.05, 0.1) is 6.26 Å². The van der Waals surface area contributed by atoms with Crippen molar-refractivity contribution in [1.82, 2.24) is 0 Å². The van der Waals surface area contributed by atoms with Gasteiger partial charge in [0.2, 0.25) is 5.78 Å². The molecule has 1 unspecified atom stereocenters. The quantitative estimate of drug-likeness (QED) is 0.467. The van der Waals surface area contributed by atoms with E-state index in [1.54, 1.807) is 0 Å². The molecule has 0 aliphatic heterocycles. The van der Waals surface area contributed by atoms with Crippen LogP contribution in [0, 0.1) is 0 Å². The van der Waals surface area contributed by atoms with E-state index in [4.69, 9.17) is 4.74 Å². The summed E-state index contributed by atoms with van der Waals surface area (Å²) in [4.78, 5) is 11.6. The molecule has 0 spiro atoms. The van der Waals surface area contributed by atoms with Gasteiger partial charge >= 0.3 is 10.1 Å². The van der Waals surface area contributed by atoms with E-state index >= 15 is 0 Å². The number of halogens is 1. The molecular weight excluding hydrogens is 312 g/mol. The number of ether oxygens (including phenoxy) is 1. The molecule has 17 heavy (non-hydrogen) atoms. The first-order chi connectivity index (χ1) is 7.83. The summed E-state index contributed by atoms with van der Waals surface area (Å²) in [7, 11) is -2.15. The Hall–Kier alpha value is -0.920. The second-order valence-electron chi connectivity index (χ2n) is 3.23. The largest absolute Gasteiger partial charge is 0.383 e. The lowest BCUT2D eigenvalue weighted by Crippen LogP contribution is -2.15. The smallest absolute Gasteiger partial charge is 0.306 e. The van der Waals surface area contributed by atoms with Gasteiger partial charge in [-0.3, -0.25) is 4.79 Å². The first-order valence-corrected chi connectivity index (χ1v) is 7.27. The molecule has 0 amide bonds. The lowest BCUT2D eigenvalue weighted by Gasteiger charge is -2.07. The highest BCUT2D eigenvalue weighted by molar-refractivity contribution is 9.09. The number of carbonyl (C=O) groups is 1. The molecule has 94 valence electrons. The van der Waals surface area contributed by atoms with Gasteiger partial charge < -0.3 is 8.92 Å². The minimum absolute atomic E-state index is 0.160. The second kappa shape index (κ2) is 5.61. The van der Waals surface area contributed by atoms with E-state index in [2.05, 4.69) is 20.1 Å². The summed E-state index contributed by atoms with van der Waals surface area (Å²) in [5, 5.41) is -0.718. The van der Waals surface area contributed by atoms with Crippen molar-refractivity contribution in [2.24, 2.45) is 0 Å². The second-order valence-corrected chi connectivity index (χ2v) is 5.63. The normalized spacial score (nSPS) is 13.1. The standard InChI is InChI=1S/C10H11BrO5S/c1-15-10(11)9(12)7-3-5-8(6-4-7)16-17(2,13)14/h3-6,10H,1-2H3. The van der Waals surface area contributed by atoms with Crippen LogP contribution in [0.2, 0.25) is 0 Å². The molecule has 0 aliphatic rings. The van der Waals surface area contributed by atoms with Crippen molar-refractivity contribution >= 4 is 31.8 Å². The van der Waals surface area contributed by atoms with Crippen molar-refractivity contribution in [3.63, 3.8) is 0 Å². The lowest BCUT2D eigenvalue weighted by atomic mass is 10.1. The number of methoxy groups -OCH3 is 1. The number of benzene rings is 1. The van der Waals surface area contributed by atoms with Gasteiger partial charge in [-0.15, -0.1) is 0 Å². The van der Waals surface area contributed by atoms with Crippen LogP contribution in [-0.4, -0.2) is 32.6 Å². The zero-order valence-corrected chi connectivity index (χ0v) is 11.6. The molecule has 0 N–H and O–H groups in total. The van der Waals surface area contributed by atoms with Crippen molar-refractivity contribution in [1.29, 1.82) is 0 Å². The van der Waals surface area contributed by atoms with Gasteiger partial charge in [0, 0.05) is 12.7 Å². The topological polar surface area (TPSA) is 69.7 Å². The Morgan fingerprint density at radius 2 is 1.82 bits per heavy atom. The molecule has 0 saturated carbocycles. The average Bonchev–Trinajstić information content (AvgIpc) is 2.26. The van der Waals surface area contributed by atoms with Crippen molar-refractivity contribution in [2.75, 3.05) is 13.4 Å². The van der Waals surface area contributed by atoms with Crippen LogP contribution in [0.4, 0.5) is 0 Å². The predicted molar refractivity (Wildman–Crippen MR) is 66.0 cm³/mol. The number of Topliss-reactive ketones (excluding diaryl/α,β-unsaturated/α-hetero) is 1. The highest BCUT2D eigenvalue weighted by Crippen LogP contribution is 2.17. The fourth-order valence-electron chi connectivity index (χ4n) is 1.09. The Labute approximate surface area is 108 Å². The molecule has 1 rings (SSSR count). The zero-order chi connectivity index (χ0) is 13.1. The minimum atomic E-state index is -3.55. The van der Waals surface area contributed by atoms with Crippen LogP contribution in [0.5, 0.6) is 5.75 Å². The lowest BCUT2D eigenvalue weighted by molar-refractivity contribution is 0.0805. The predicted octanol–water partition coefficient (Wildman–Crippen LogP) is 1.58. The molecule has 1 aromatic rings. The maximum Gasteiger partial charge on any atom is 0.306 e. The third-order valence-electron chi connectivity index (χ3n) is 1.80. The third-order valence-corrected chi connectivity index (χ3v) is 3.08. The van der Waals surface area contributed by atoms with Crippen molar-refractivity contribution in [3.05, 3.63) is 29.8 Å². The van der Waals surface area contributed by atoms with Crippen LogP contribution in [0.15, 0.2) is 24.3 Å². The molecular formula is C10H11BrO5S. The molecule has 0 aliphatic carbocycles. The number of ketones is 1. The molecule has 0 radical (unpaired) electrons. The molecule has 0 bridgehead atoms. The highest BCUT2D eigenvalue weighted by Gasteiger charge is 2.16. The van der Waals surface area contributed by atoms with Gasteiger partial charge in [-0.05, 0) is 40.2 Å². The van der Waals surface area contributed by atoms with Crippen LogP contribution in [0.25, 0.3) is 0 Å². The van der Waals surface area contributed by atoms with E-state index in [0.717, 1.165) is 6.26 Å². The van der Waals surface area contributed by atoms with Gasteiger partial charge in [-0.1, -0.05) is 0 Å². The summed E-state index contributed by atoms with van der Waals surface area (Å²) in [5.74, 6) is -0.0917. The van der Waals surface area contributed by atoms with Gasteiger partial charge in [0.15, 0.2) is 5.01 Å². The Morgan fingerprint density at radius 3 is 2.24 bits per heavy atom. The van der Waals surface area contributed by atoms with E-state index in [0.29, 0.717) is 5.56 Å². The summed E-state index contributed by atoms with van der Waals surface area (Å²) < 4.78 is 31.2. The summed E-state index contributed by atoms with van der Waals surface area (Å²) in [5.41, 5.74) is 0.398. The molecule has 0 fully saturated rings. The number of rotatable bonds is 5. The van der Waals surface area contributed by atoms with E-state index in [-0.39, 0.29) is 11.5 Å². The summed E-state index contributed by atoms with van der Waals surface area (Å²) in [6.07, 6.45) is 0.950.